The first kappa shape index (κ1) is 42.5. The third-order valence-electron chi connectivity index (χ3n) is 0. The first-order valence-electron chi connectivity index (χ1n) is 1.18. The maximum Gasteiger partial charge on any atom is 5.00 e. The second-order valence-corrected chi connectivity index (χ2v) is 0. The largest absolute Gasteiger partial charge is 5.00 e. The predicted octanol–water partition coefficient (Wildman–Crippen LogP) is -2.79. The molecule has 0 radical (unpaired) electrons. The molecule has 70 valence electrons. The van der Waals surface area contributed by atoms with Gasteiger partial charge in [-0.25, -0.2) is 0 Å². The molecule has 0 aliphatic carbocycles. The molecule has 0 aromatic rings. The van der Waals surface area contributed by atoms with Gasteiger partial charge < -0.3 is 55.5 Å². The molecule has 0 saturated heterocycles. The Balaban J connectivity index is -0.00000000694. The van der Waals surface area contributed by atoms with Crippen LogP contribution < -0.4 is 29.5 Å². The van der Waals surface area contributed by atoms with Crippen LogP contribution in [0.5, 0.6) is 0 Å². The molecule has 0 aliphatic rings. The molecule has 0 aliphatic heterocycles. The Morgan fingerprint density at radius 2 is 0.364 bits per heavy atom. The van der Waals surface area contributed by atoms with E-state index in [0.29, 0.717) is 0 Å². The van der Waals surface area contributed by atoms with Crippen molar-refractivity contribution in [3.05, 3.63) is 26.0 Å². The van der Waals surface area contributed by atoms with Crippen molar-refractivity contribution in [2.75, 3.05) is 0 Å². The fourth-order valence-electron chi connectivity index (χ4n) is 0. The van der Waals surface area contributed by atoms with Gasteiger partial charge in [0, 0.05) is 0 Å². The van der Waals surface area contributed by atoms with Gasteiger partial charge in [-0.2, -0.15) is 0 Å². The summed E-state index contributed by atoms with van der Waals surface area (Å²) < 4.78 is 0. The van der Waals surface area contributed by atoms with Crippen LogP contribution in [0.2, 0.25) is 0 Å². The Bertz CT molecular complexity index is 14.8. The van der Waals surface area contributed by atoms with Crippen LogP contribution in [0.3, 0.4) is 0 Å². The van der Waals surface area contributed by atoms with Crippen LogP contribution in [0.4, 0.5) is 0 Å². The minimum Gasteiger partial charge on any atom is -0.790 e. The Labute approximate surface area is 78.5 Å². The van der Waals surface area contributed by atoms with Gasteiger partial charge >= 0.3 is 22.4 Å². The van der Waals surface area contributed by atoms with Crippen LogP contribution in [-0.2, 0) is 22.4 Å². The van der Waals surface area contributed by atoms with Crippen LogP contribution in [0, 0.1) is 26.0 Å². The molecule has 0 heterocycles. The summed E-state index contributed by atoms with van der Waals surface area (Å²) in [5.74, 6) is 16.2. The fraction of sp³-hybridized carbons (Fsp3) is 0. The van der Waals surface area contributed by atoms with E-state index in [4.69, 9.17) is 26.0 Å². The Morgan fingerprint density at radius 1 is 0.364 bits per heavy atom. The Morgan fingerprint density at radius 3 is 0.364 bits per heavy atom. The molecule has 10 N–H and O–H groups in total. The zero-order chi connectivity index (χ0) is 10.0. The maximum atomic E-state index is 7.75. The fourth-order valence-corrected chi connectivity index (χ4v) is 0. The van der Waals surface area contributed by atoms with Crippen LogP contribution in [0.15, 0.2) is 0 Å². The van der Waals surface area contributed by atoms with Crippen LogP contribution in [0.1, 0.15) is 0 Å². The average molecular weight is 341 g/mol. The molecular formula is H10N5O5Ta. The van der Waals surface area contributed by atoms with Crippen molar-refractivity contribution in [1.82, 2.24) is 0 Å². The van der Waals surface area contributed by atoms with Crippen LogP contribution >= 0.6 is 0 Å². The van der Waals surface area contributed by atoms with Gasteiger partial charge in [-0.05, 0) is 0 Å². The van der Waals surface area contributed by atoms with E-state index in [0.717, 1.165) is 0 Å². The second kappa shape index (κ2) is 7790. The van der Waals surface area contributed by atoms with E-state index < -0.39 is 0 Å². The Kier molecular flexibility index (Phi) is 30100. The van der Waals surface area contributed by atoms with Crippen molar-refractivity contribution < 1.29 is 22.4 Å². The SMILES string of the molecule is N[O-].N[O-].N[O-].N[O-].N[O-].[Ta+5]. The molecular weight excluding hydrogens is 331 g/mol. The molecule has 0 amide bonds. The standard InChI is InChI=1S/5H2NO.Ta/c5*1-2;/h5*1H2;/q5*-1;+5. The molecule has 0 rings (SSSR count). The molecule has 11 heteroatoms. The van der Waals surface area contributed by atoms with Crippen molar-refractivity contribution in [3.8, 4) is 0 Å². The van der Waals surface area contributed by atoms with Gasteiger partial charge in [-0.15, -0.1) is 0 Å². The molecule has 0 spiro atoms. The number of rotatable bonds is 0. The average Bonchev–Trinajstić information content (AvgIpc) is 2.20. The minimum absolute atomic E-state index is 0. The molecule has 0 bridgehead atoms. The van der Waals surface area contributed by atoms with E-state index in [-0.39, 0.29) is 22.4 Å². The predicted molar refractivity (Wildman–Crippen MR) is 37.8 cm³/mol. The third-order valence-corrected chi connectivity index (χ3v) is 0. The summed E-state index contributed by atoms with van der Waals surface area (Å²) in [6.07, 6.45) is 0. The zero-order valence-corrected chi connectivity index (χ0v) is 8.59. The van der Waals surface area contributed by atoms with Crippen molar-refractivity contribution in [2.24, 2.45) is 29.5 Å². The molecule has 0 aromatic heterocycles. The summed E-state index contributed by atoms with van der Waals surface area (Å²) in [7, 11) is 0. The second-order valence-electron chi connectivity index (χ2n) is 0. The topological polar surface area (TPSA) is 245 Å². The van der Waals surface area contributed by atoms with Gasteiger partial charge in [-0.1, -0.05) is 0 Å². The smallest absolute Gasteiger partial charge is 0.790 e. The minimum atomic E-state index is 0. The number of nitrogens with two attached hydrogens (primary N) is 5. The molecule has 0 fully saturated rings. The van der Waals surface area contributed by atoms with E-state index >= 15 is 0 Å². The third kappa shape index (κ3) is 6210. The summed E-state index contributed by atoms with van der Waals surface area (Å²) in [6.45, 7) is 0. The van der Waals surface area contributed by atoms with E-state index in [2.05, 4.69) is 29.5 Å². The first-order valence-corrected chi connectivity index (χ1v) is 1.18. The van der Waals surface area contributed by atoms with E-state index in [1.54, 1.807) is 0 Å². The number of hydrogen-bond acceptors (Lipinski definition) is 10. The molecule has 0 atom stereocenters. The van der Waals surface area contributed by atoms with Crippen molar-refractivity contribution in [3.63, 3.8) is 0 Å². The van der Waals surface area contributed by atoms with Gasteiger partial charge in [-0.3, -0.25) is 0 Å². The van der Waals surface area contributed by atoms with E-state index in [9.17, 15) is 0 Å². The summed E-state index contributed by atoms with van der Waals surface area (Å²) in [4.78, 5) is 0. The van der Waals surface area contributed by atoms with Gasteiger partial charge in [0.2, 0.25) is 0 Å². The molecule has 0 aromatic carbocycles. The molecule has 11 heavy (non-hydrogen) atoms. The zero-order valence-electron chi connectivity index (χ0n) is 5.38. The molecule has 0 saturated carbocycles. The van der Waals surface area contributed by atoms with Crippen molar-refractivity contribution >= 4 is 0 Å². The van der Waals surface area contributed by atoms with Gasteiger partial charge in [0.1, 0.15) is 0 Å². The van der Waals surface area contributed by atoms with Gasteiger partial charge in [0.15, 0.2) is 0 Å². The normalized spacial score (nSPS) is 2.73. The summed E-state index contributed by atoms with van der Waals surface area (Å²) in [5, 5.41) is 38.8. The molecule has 0 unspecified atom stereocenters. The van der Waals surface area contributed by atoms with Crippen molar-refractivity contribution in [2.45, 2.75) is 0 Å². The van der Waals surface area contributed by atoms with Crippen LogP contribution in [0.25, 0.3) is 0 Å². The van der Waals surface area contributed by atoms with Gasteiger partial charge in [0.05, 0.1) is 0 Å². The molecule has 10 nitrogen and oxygen atoms in total. The Hall–Kier alpha value is 0.340. The first-order chi connectivity index (χ1) is 5.00. The summed E-state index contributed by atoms with van der Waals surface area (Å²) in [5.41, 5.74) is 0. The van der Waals surface area contributed by atoms with Gasteiger partial charge in [0.25, 0.3) is 0 Å². The number of hydrogen-bond donors (Lipinski definition) is 5. The summed E-state index contributed by atoms with van der Waals surface area (Å²) >= 11 is 0. The maximum absolute atomic E-state index is 7.75. The quantitative estimate of drug-likeness (QED) is 0.283. The van der Waals surface area contributed by atoms with Crippen LogP contribution in [-0.4, -0.2) is 0 Å². The van der Waals surface area contributed by atoms with E-state index in [1.165, 1.54) is 0 Å². The summed E-state index contributed by atoms with van der Waals surface area (Å²) in [6, 6.07) is 0. The monoisotopic (exact) mass is 341 g/mol. The van der Waals surface area contributed by atoms with E-state index in [1.807, 2.05) is 0 Å². The van der Waals surface area contributed by atoms with Crippen molar-refractivity contribution in [1.29, 1.82) is 0 Å².